The van der Waals surface area contributed by atoms with Gasteiger partial charge < -0.3 is 10.0 Å². The van der Waals surface area contributed by atoms with Gasteiger partial charge in [-0.3, -0.25) is 4.79 Å². The van der Waals surface area contributed by atoms with Gasteiger partial charge in [0.05, 0.1) is 0 Å². The molecule has 0 bridgehead atoms. The van der Waals surface area contributed by atoms with Gasteiger partial charge >= 0.3 is 6.18 Å². The van der Waals surface area contributed by atoms with Crippen molar-refractivity contribution in [2.75, 3.05) is 13.1 Å². The Bertz CT molecular complexity index is 821. The average molecular weight is 395 g/mol. The second-order valence-corrected chi connectivity index (χ2v) is 7.27. The molecule has 0 radical (unpaired) electrons. The third kappa shape index (κ3) is 4.04. The first kappa shape index (κ1) is 20.3. The number of carbonyl (C=O) groups is 1. The first-order chi connectivity index (χ1) is 13.1. The Morgan fingerprint density at radius 2 is 1.54 bits per heavy atom. The van der Waals surface area contributed by atoms with Crippen molar-refractivity contribution in [1.29, 1.82) is 0 Å². The molecule has 28 heavy (non-hydrogen) atoms. The molecule has 1 N–H and O–H groups in total. The summed E-state index contributed by atoms with van der Waals surface area (Å²) < 4.78 is 51.8. The Morgan fingerprint density at radius 1 is 1.00 bits per heavy atom. The van der Waals surface area contributed by atoms with Crippen LogP contribution in [0.3, 0.4) is 0 Å². The monoisotopic (exact) mass is 395 g/mol. The van der Waals surface area contributed by atoms with Crippen LogP contribution in [0.4, 0.5) is 17.6 Å². The number of hydrogen-bond donors (Lipinski definition) is 1. The Morgan fingerprint density at radius 3 is 2.04 bits per heavy atom. The first-order valence-electron chi connectivity index (χ1n) is 9.04. The van der Waals surface area contributed by atoms with Gasteiger partial charge in [0.2, 0.25) is 0 Å². The van der Waals surface area contributed by atoms with E-state index in [1.54, 1.807) is 17.0 Å². The summed E-state index contributed by atoms with van der Waals surface area (Å²) in [5.74, 6) is -0.297. The summed E-state index contributed by atoms with van der Waals surface area (Å²) >= 11 is 0. The molecule has 0 aromatic heterocycles. The van der Waals surface area contributed by atoms with Crippen LogP contribution in [-0.4, -0.2) is 35.2 Å². The van der Waals surface area contributed by atoms with Crippen molar-refractivity contribution in [2.24, 2.45) is 0 Å². The number of alkyl halides is 3. The van der Waals surface area contributed by atoms with Crippen molar-refractivity contribution < 1.29 is 27.5 Å². The molecule has 0 saturated carbocycles. The third-order valence-electron chi connectivity index (χ3n) is 5.37. The summed E-state index contributed by atoms with van der Waals surface area (Å²) in [5.41, 5.74) is -1.97. The molecule has 2 aromatic carbocycles. The molecule has 1 saturated heterocycles. The van der Waals surface area contributed by atoms with Gasteiger partial charge in [-0.2, -0.15) is 13.2 Å². The quantitative estimate of drug-likeness (QED) is 0.771. The number of rotatable bonds is 3. The van der Waals surface area contributed by atoms with Gasteiger partial charge in [-0.05, 0) is 61.1 Å². The Labute approximate surface area is 160 Å². The summed E-state index contributed by atoms with van der Waals surface area (Å²) in [6.45, 7) is 1.72. The third-order valence-corrected chi connectivity index (χ3v) is 5.37. The summed E-state index contributed by atoms with van der Waals surface area (Å²) in [7, 11) is 0. The van der Waals surface area contributed by atoms with Crippen LogP contribution in [0.1, 0.15) is 47.2 Å². The summed E-state index contributed by atoms with van der Waals surface area (Å²) in [5, 5.41) is 9.71. The van der Waals surface area contributed by atoms with Gasteiger partial charge in [-0.25, -0.2) is 4.39 Å². The Hall–Kier alpha value is -2.41. The van der Waals surface area contributed by atoms with Crippen molar-refractivity contribution in [3.8, 4) is 0 Å². The van der Waals surface area contributed by atoms with Crippen LogP contribution in [0.2, 0.25) is 0 Å². The molecule has 7 heteroatoms. The Kier molecular flexibility index (Phi) is 5.48. The fourth-order valence-corrected chi connectivity index (χ4v) is 3.43. The van der Waals surface area contributed by atoms with E-state index in [9.17, 15) is 27.5 Å². The fourth-order valence-electron chi connectivity index (χ4n) is 3.43. The van der Waals surface area contributed by atoms with E-state index in [1.165, 1.54) is 24.3 Å². The van der Waals surface area contributed by atoms with Crippen LogP contribution < -0.4 is 0 Å². The molecule has 1 fully saturated rings. The van der Waals surface area contributed by atoms with Crippen LogP contribution in [0, 0.1) is 5.82 Å². The SMILES string of the molecule is CC(O)(c1ccc(C(=O)N2CCC(c3ccc(F)cc3)CC2)cc1)C(F)(F)F. The predicted molar refractivity (Wildman–Crippen MR) is 96.3 cm³/mol. The largest absolute Gasteiger partial charge is 0.421 e. The zero-order valence-corrected chi connectivity index (χ0v) is 15.3. The number of piperidine rings is 1. The molecule has 1 aliphatic heterocycles. The maximum atomic E-state index is 13.0. The molecule has 1 amide bonds. The molecule has 1 aliphatic rings. The lowest BCUT2D eigenvalue weighted by molar-refractivity contribution is -0.258. The number of aliphatic hydroxyl groups is 1. The van der Waals surface area contributed by atoms with Gasteiger partial charge in [-0.1, -0.05) is 24.3 Å². The number of amides is 1. The molecule has 1 heterocycles. The van der Waals surface area contributed by atoms with Crippen LogP contribution in [0.25, 0.3) is 0 Å². The topological polar surface area (TPSA) is 40.5 Å². The number of hydrogen-bond acceptors (Lipinski definition) is 2. The Balaban J connectivity index is 1.64. The molecule has 1 atom stereocenters. The number of benzene rings is 2. The van der Waals surface area contributed by atoms with Crippen molar-refractivity contribution in [3.63, 3.8) is 0 Å². The minimum absolute atomic E-state index is 0.244. The lowest BCUT2D eigenvalue weighted by Crippen LogP contribution is -2.39. The van der Waals surface area contributed by atoms with Gasteiger partial charge in [0.1, 0.15) is 5.82 Å². The fraction of sp³-hybridized carbons (Fsp3) is 0.381. The molecular formula is C21H21F4NO2. The minimum atomic E-state index is -4.80. The van der Waals surface area contributed by atoms with Gasteiger partial charge in [0, 0.05) is 18.7 Å². The summed E-state index contributed by atoms with van der Waals surface area (Å²) in [4.78, 5) is 14.3. The standard InChI is InChI=1S/C21H21F4NO2/c1-20(28,21(23,24)25)17-6-2-16(3-7-17)19(27)26-12-10-15(11-13-26)14-4-8-18(22)9-5-14/h2-9,15,28H,10-13H2,1H3. The summed E-state index contributed by atoms with van der Waals surface area (Å²) in [6, 6.07) is 11.2. The maximum absolute atomic E-state index is 13.0. The van der Waals surface area contributed by atoms with Crippen LogP contribution in [-0.2, 0) is 5.60 Å². The second-order valence-electron chi connectivity index (χ2n) is 7.27. The second kappa shape index (κ2) is 7.54. The van der Waals surface area contributed by atoms with E-state index in [2.05, 4.69) is 0 Å². The molecular weight excluding hydrogens is 374 g/mol. The normalized spacial score (nSPS) is 18.0. The molecule has 3 rings (SSSR count). The van der Waals surface area contributed by atoms with Crippen molar-refractivity contribution >= 4 is 5.91 Å². The highest BCUT2D eigenvalue weighted by Crippen LogP contribution is 2.38. The molecule has 150 valence electrons. The molecule has 0 spiro atoms. The minimum Gasteiger partial charge on any atom is -0.376 e. The van der Waals surface area contributed by atoms with Crippen molar-refractivity contribution in [1.82, 2.24) is 4.90 Å². The lowest BCUT2D eigenvalue weighted by atomic mass is 9.89. The van der Waals surface area contributed by atoms with E-state index in [4.69, 9.17) is 0 Å². The highest BCUT2D eigenvalue weighted by molar-refractivity contribution is 5.94. The predicted octanol–water partition coefficient (Wildman–Crippen LogP) is 4.62. The molecule has 3 nitrogen and oxygen atoms in total. The molecule has 0 aliphatic carbocycles. The van der Waals surface area contributed by atoms with E-state index in [0.717, 1.165) is 30.5 Å². The molecule has 2 aromatic rings. The zero-order valence-electron chi connectivity index (χ0n) is 15.3. The highest BCUT2D eigenvalue weighted by atomic mass is 19.4. The lowest BCUT2D eigenvalue weighted by Gasteiger charge is -2.32. The van der Waals surface area contributed by atoms with Crippen LogP contribution in [0.5, 0.6) is 0 Å². The van der Waals surface area contributed by atoms with E-state index >= 15 is 0 Å². The first-order valence-corrected chi connectivity index (χ1v) is 9.04. The number of nitrogens with zero attached hydrogens (tertiary/aromatic N) is 1. The maximum Gasteiger partial charge on any atom is 0.421 e. The van der Waals surface area contributed by atoms with E-state index in [1.807, 2.05) is 0 Å². The van der Waals surface area contributed by atoms with Crippen LogP contribution >= 0.6 is 0 Å². The van der Waals surface area contributed by atoms with Crippen molar-refractivity contribution in [2.45, 2.75) is 37.5 Å². The van der Waals surface area contributed by atoms with Crippen LogP contribution in [0.15, 0.2) is 48.5 Å². The van der Waals surface area contributed by atoms with Crippen molar-refractivity contribution in [3.05, 3.63) is 71.0 Å². The molecule has 1 unspecified atom stereocenters. The summed E-state index contributed by atoms with van der Waals surface area (Å²) in [6.07, 6.45) is -3.34. The number of carbonyl (C=O) groups excluding carboxylic acids is 1. The smallest absolute Gasteiger partial charge is 0.376 e. The average Bonchev–Trinajstić information content (AvgIpc) is 2.67. The zero-order chi connectivity index (χ0) is 20.5. The van der Waals surface area contributed by atoms with E-state index in [-0.39, 0.29) is 28.8 Å². The van der Waals surface area contributed by atoms with E-state index in [0.29, 0.717) is 20.0 Å². The van der Waals surface area contributed by atoms with E-state index < -0.39 is 11.8 Å². The highest BCUT2D eigenvalue weighted by Gasteiger charge is 2.51. The van der Waals surface area contributed by atoms with Gasteiger partial charge in [-0.15, -0.1) is 0 Å². The van der Waals surface area contributed by atoms with Gasteiger partial charge in [0.15, 0.2) is 5.60 Å². The number of likely N-dealkylation sites (tertiary alicyclic amines) is 1. The number of halogens is 4. The van der Waals surface area contributed by atoms with Gasteiger partial charge in [0.25, 0.3) is 5.91 Å².